The summed E-state index contributed by atoms with van der Waals surface area (Å²) in [6, 6.07) is 7.45. The Morgan fingerprint density at radius 2 is 1.97 bits per heavy atom. The van der Waals surface area contributed by atoms with Crippen LogP contribution in [0.3, 0.4) is 0 Å². The monoisotopic (exact) mass is 426 g/mol. The van der Waals surface area contributed by atoms with Crippen molar-refractivity contribution >= 4 is 11.8 Å². The zero-order chi connectivity index (χ0) is 21.4. The summed E-state index contributed by atoms with van der Waals surface area (Å²) in [5, 5.41) is 6.37. The lowest BCUT2D eigenvalue weighted by Crippen LogP contribution is -2.67. The Balaban J connectivity index is 1.16. The molecule has 0 aromatic heterocycles. The molecule has 2 bridgehead atoms. The molecule has 6 rings (SSSR count). The van der Waals surface area contributed by atoms with Crippen LogP contribution >= 0.6 is 0 Å². The maximum absolute atomic E-state index is 13.0. The van der Waals surface area contributed by atoms with E-state index >= 15 is 0 Å². The number of benzene rings is 1. The molecule has 2 N–H and O–H groups in total. The van der Waals surface area contributed by atoms with Gasteiger partial charge in [0, 0.05) is 57.5 Å². The van der Waals surface area contributed by atoms with E-state index in [4.69, 9.17) is 4.74 Å². The minimum absolute atomic E-state index is 0.0268. The van der Waals surface area contributed by atoms with E-state index in [0.717, 1.165) is 65.0 Å². The minimum atomic E-state index is -0.649. The van der Waals surface area contributed by atoms with Gasteiger partial charge in [-0.1, -0.05) is 19.1 Å². The number of hydrogen-bond acceptors (Lipinski definition) is 5. The molecule has 1 aromatic rings. The van der Waals surface area contributed by atoms with Crippen LogP contribution in [0.1, 0.15) is 43.0 Å². The number of hydrogen-bond donors (Lipinski definition) is 2. The van der Waals surface area contributed by atoms with Crippen molar-refractivity contribution in [3.8, 4) is 5.75 Å². The summed E-state index contributed by atoms with van der Waals surface area (Å²) >= 11 is 0. The summed E-state index contributed by atoms with van der Waals surface area (Å²) in [6.07, 6.45) is 3.53. The molecule has 7 heteroatoms. The van der Waals surface area contributed by atoms with Gasteiger partial charge in [0.1, 0.15) is 5.75 Å². The lowest BCUT2D eigenvalue weighted by atomic mass is 9.60. The van der Waals surface area contributed by atoms with Crippen LogP contribution in [0.2, 0.25) is 0 Å². The molecule has 1 spiro atoms. The predicted molar refractivity (Wildman–Crippen MR) is 118 cm³/mol. The fraction of sp³-hybridized carbons (Fsp3) is 0.667. The van der Waals surface area contributed by atoms with E-state index in [0.29, 0.717) is 17.9 Å². The van der Waals surface area contributed by atoms with Gasteiger partial charge in [-0.25, -0.2) is 0 Å². The Labute approximate surface area is 184 Å². The van der Waals surface area contributed by atoms with Gasteiger partial charge in [-0.05, 0) is 43.9 Å². The van der Waals surface area contributed by atoms with Crippen LogP contribution < -0.4 is 15.4 Å². The summed E-state index contributed by atoms with van der Waals surface area (Å²) in [6.45, 7) is 9.36. The number of ether oxygens (including phenoxy) is 1. The second-order valence-corrected chi connectivity index (χ2v) is 9.59. The van der Waals surface area contributed by atoms with Crippen LogP contribution in [0.25, 0.3) is 0 Å². The molecule has 4 atom stereocenters. The minimum Gasteiger partial charge on any atom is -0.467 e. The average Bonchev–Trinajstić information content (AvgIpc) is 2.79. The molecule has 7 nitrogen and oxygen atoms in total. The van der Waals surface area contributed by atoms with E-state index in [1.165, 1.54) is 0 Å². The third-order valence-electron chi connectivity index (χ3n) is 7.94. The molecule has 31 heavy (non-hydrogen) atoms. The van der Waals surface area contributed by atoms with Crippen LogP contribution in [0.15, 0.2) is 24.3 Å². The van der Waals surface area contributed by atoms with Crippen molar-refractivity contribution in [1.29, 1.82) is 0 Å². The summed E-state index contributed by atoms with van der Waals surface area (Å²) in [5.41, 5.74) is -0.0481. The number of carbonyl (C=O) groups is 2. The van der Waals surface area contributed by atoms with E-state index in [2.05, 4.69) is 27.4 Å². The van der Waals surface area contributed by atoms with Gasteiger partial charge in [0.2, 0.25) is 5.91 Å². The molecule has 2 heterocycles. The molecular weight excluding hydrogens is 392 g/mol. The molecule has 1 saturated heterocycles. The molecule has 3 aliphatic carbocycles. The third kappa shape index (κ3) is 3.94. The lowest BCUT2D eigenvalue weighted by molar-refractivity contribution is -0.146. The van der Waals surface area contributed by atoms with Crippen molar-refractivity contribution in [3.63, 3.8) is 0 Å². The van der Waals surface area contributed by atoms with Gasteiger partial charge >= 0.3 is 0 Å². The van der Waals surface area contributed by atoms with E-state index in [9.17, 15) is 9.59 Å². The first-order valence-corrected chi connectivity index (χ1v) is 11.9. The first-order chi connectivity index (χ1) is 15.1. The Morgan fingerprint density at radius 3 is 2.71 bits per heavy atom. The summed E-state index contributed by atoms with van der Waals surface area (Å²) in [7, 11) is 0. The van der Waals surface area contributed by atoms with Gasteiger partial charge in [0.05, 0.1) is 5.56 Å². The fourth-order valence-corrected chi connectivity index (χ4v) is 6.08. The molecule has 4 fully saturated rings. The van der Waals surface area contributed by atoms with Crippen molar-refractivity contribution in [1.82, 2.24) is 20.4 Å². The van der Waals surface area contributed by atoms with Gasteiger partial charge in [-0.3, -0.25) is 14.5 Å². The summed E-state index contributed by atoms with van der Waals surface area (Å²) in [4.78, 5) is 30.6. The first-order valence-electron chi connectivity index (χ1n) is 11.9. The molecular formula is C24H34N4O3. The van der Waals surface area contributed by atoms with Gasteiger partial charge < -0.3 is 20.3 Å². The fourth-order valence-electron chi connectivity index (χ4n) is 6.08. The topological polar surface area (TPSA) is 73.9 Å². The first kappa shape index (κ1) is 20.8. The van der Waals surface area contributed by atoms with E-state index in [-0.39, 0.29) is 29.6 Å². The highest BCUT2D eigenvalue weighted by molar-refractivity contribution is 5.98. The maximum atomic E-state index is 13.0. The van der Waals surface area contributed by atoms with Gasteiger partial charge in [-0.2, -0.15) is 0 Å². The van der Waals surface area contributed by atoms with Crippen LogP contribution in [-0.2, 0) is 4.79 Å². The third-order valence-corrected chi connectivity index (χ3v) is 7.94. The molecule has 0 unspecified atom stereocenters. The molecule has 2 amide bonds. The van der Waals surface area contributed by atoms with Gasteiger partial charge in [-0.15, -0.1) is 0 Å². The van der Waals surface area contributed by atoms with Crippen molar-refractivity contribution < 1.29 is 14.3 Å². The SMILES string of the molecule is CCN1CCN(CCNC(=O)[C@H]2C[C@H]3CC[C@H]2C[C@@]32NC(=O)c3ccccc3O2)CC1. The molecule has 1 aromatic carbocycles. The second-order valence-electron chi connectivity index (χ2n) is 9.59. The zero-order valence-electron chi connectivity index (χ0n) is 18.4. The zero-order valence-corrected chi connectivity index (χ0v) is 18.4. The number of para-hydroxylation sites is 1. The average molecular weight is 427 g/mol. The molecule has 0 radical (unpaired) electrons. The predicted octanol–water partition coefficient (Wildman–Crippen LogP) is 1.70. The number of nitrogens with one attached hydrogen (secondary N) is 2. The normalized spacial score (nSPS) is 32.9. The highest BCUT2D eigenvalue weighted by atomic mass is 16.5. The van der Waals surface area contributed by atoms with E-state index < -0.39 is 5.72 Å². The number of rotatable bonds is 5. The van der Waals surface area contributed by atoms with Crippen LogP contribution in [0.4, 0.5) is 0 Å². The van der Waals surface area contributed by atoms with Crippen LogP contribution in [0.5, 0.6) is 5.75 Å². The number of piperazine rings is 1. The van der Waals surface area contributed by atoms with Crippen molar-refractivity contribution in [2.45, 2.75) is 38.3 Å². The highest BCUT2D eigenvalue weighted by Crippen LogP contribution is 2.52. The molecule has 168 valence electrons. The van der Waals surface area contributed by atoms with Gasteiger partial charge in [0.25, 0.3) is 5.91 Å². The van der Waals surface area contributed by atoms with Crippen LogP contribution in [0, 0.1) is 17.8 Å². The Morgan fingerprint density at radius 1 is 1.19 bits per heavy atom. The standard InChI is InChI=1S/C24H34N4O3/c1-2-27-11-13-28(14-12-27)10-9-25-22(29)20-15-18-8-7-17(20)16-24(18)26-23(30)19-5-3-4-6-21(19)31-24/h3-6,17-18,20H,2,7-16H2,1H3,(H,25,29)(H,26,30)/t17-,18+,20-,24-/m0/s1. The number of amides is 2. The quantitative estimate of drug-likeness (QED) is 0.750. The van der Waals surface area contributed by atoms with E-state index in [1.54, 1.807) is 6.07 Å². The smallest absolute Gasteiger partial charge is 0.258 e. The van der Waals surface area contributed by atoms with Gasteiger partial charge in [0.15, 0.2) is 5.72 Å². The highest BCUT2D eigenvalue weighted by Gasteiger charge is 2.57. The number of likely N-dealkylation sites (N-methyl/N-ethyl adjacent to an activating group) is 1. The number of nitrogens with zero attached hydrogens (tertiary/aromatic N) is 2. The summed E-state index contributed by atoms with van der Waals surface area (Å²) < 4.78 is 6.40. The largest absolute Gasteiger partial charge is 0.467 e. The number of carbonyl (C=O) groups excluding carboxylic acids is 2. The van der Waals surface area contributed by atoms with E-state index in [1.807, 2.05) is 18.2 Å². The Hall–Kier alpha value is -2.12. The number of fused-ring (bicyclic) bond motifs is 3. The van der Waals surface area contributed by atoms with Crippen molar-refractivity contribution in [2.75, 3.05) is 45.8 Å². The Bertz CT molecular complexity index is 838. The Kier molecular flexibility index (Phi) is 5.65. The second kappa shape index (κ2) is 8.43. The van der Waals surface area contributed by atoms with Crippen LogP contribution in [-0.4, -0.2) is 73.2 Å². The maximum Gasteiger partial charge on any atom is 0.258 e. The molecule has 3 saturated carbocycles. The molecule has 2 aliphatic heterocycles. The summed E-state index contributed by atoms with van der Waals surface area (Å²) in [5.74, 6) is 1.25. The van der Waals surface area contributed by atoms with Crippen molar-refractivity contribution in [3.05, 3.63) is 29.8 Å². The van der Waals surface area contributed by atoms with Crippen molar-refractivity contribution in [2.24, 2.45) is 17.8 Å². The lowest BCUT2D eigenvalue weighted by Gasteiger charge is -2.55. The molecule has 5 aliphatic rings.